The third-order valence-corrected chi connectivity index (χ3v) is 2.86. The second kappa shape index (κ2) is 6.49. The molecule has 6 nitrogen and oxygen atoms in total. The number of halogens is 1. The van der Waals surface area contributed by atoms with Crippen molar-refractivity contribution in [2.75, 3.05) is 21.3 Å². The molecule has 0 heterocycles. The molecule has 0 amide bonds. The zero-order chi connectivity index (χ0) is 14.6. The van der Waals surface area contributed by atoms with E-state index in [1.807, 2.05) is 0 Å². The van der Waals surface area contributed by atoms with Crippen molar-refractivity contribution in [3.8, 4) is 17.2 Å². The number of carboxylic acids is 1. The molecular formula is C12H16ClNO5. The summed E-state index contributed by atoms with van der Waals surface area (Å²) in [6.45, 7) is 0. The Labute approximate surface area is 116 Å². The van der Waals surface area contributed by atoms with Crippen LogP contribution < -0.4 is 19.9 Å². The highest BCUT2D eigenvalue weighted by atomic mass is 35.5. The third kappa shape index (κ3) is 3.21. The highest BCUT2D eigenvalue weighted by Gasteiger charge is 2.25. The van der Waals surface area contributed by atoms with Gasteiger partial charge in [0.15, 0.2) is 11.5 Å². The van der Waals surface area contributed by atoms with E-state index in [0.717, 1.165) is 0 Å². The molecule has 1 unspecified atom stereocenters. The van der Waals surface area contributed by atoms with Gasteiger partial charge in [0.05, 0.1) is 38.3 Å². The van der Waals surface area contributed by atoms with E-state index in [-0.39, 0.29) is 17.2 Å². The molecule has 1 aromatic rings. The van der Waals surface area contributed by atoms with Crippen LogP contribution in [0.25, 0.3) is 0 Å². The smallest absolute Gasteiger partial charge is 0.305 e. The zero-order valence-electron chi connectivity index (χ0n) is 10.9. The van der Waals surface area contributed by atoms with Crippen LogP contribution in [-0.4, -0.2) is 32.4 Å². The van der Waals surface area contributed by atoms with Crippen LogP contribution in [0.5, 0.6) is 17.2 Å². The molecule has 0 bridgehead atoms. The van der Waals surface area contributed by atoms with Gasteiger partial charge >= 0.3 is 5.97 Å². The summed E-state index contributed by atoms with van der Waals surface area (Å²) in [5.74, 6) is -0.0646. The second-order valence-electron chi connectivity index (χ2n) is 3.75. The Morgan fingerprint density at radius 1 is 1.32 bits per heavy atom. The molecule has 0 aliphatic heterocycles. The predicted octanol–water partition coefficient (Wildman–Crippen LogP) is 1.84. The Hall–Kier alpha value is -1.66. The van der Waals surface area contributed by atoms with Crippen LogP contribution >= 0.6 is 11.6 Å². The summed E-state index contributed by atoms with van der Waals surface area (Å²) in [4.78, 5) is 10.8. The van der Waals surface area contributed by atoms with Gasteiger partial charge in [-0.2, -0.15) is 0 Å². The van der Waals surface area contributed by atoms with E-state index in [0.29, 0.717) is 17.1 Å². The maximum Gasteiger partial charge on any atom is 0.305 e. The minimum atomic E-state index is -1.03. The first-order chi connectivity index (χ1) is 8.96. The van der Waals surface area contributed by atoms with Crippen LogP contribution in [0, 0.1) is 0 Å². The molecule has 3 N–H and O–H groups in total. The van der Waals surface area contributed by atoms with E-state index in [9.17, 15) is 4.79 Å². The summed E-state index contributed by atoms with van der Waals surface area (Å²) < 4.78 is 15.6. The monoisotopic (exact) mass is 289 g/mol. The molecule has 1 atom stereocenters. The number of benzene rings is 1. The molecule has 106 valence electrons. The fraction of sp³-hybridized carbons (Fsp3) is 0.417. The molecule has 0 saturated heterocycles. The third-order valence-electron chi connectivity index (χ3n) is 2.58. The second-order valence-corrected chi connectivity index (χ2v) is 4.15. The quantitative estimate of drug-likeness (QED) is 0.830. The van der Waals surface area contributed by atoms with Crippen molar-refractivity contribution >= 4 is 17.6 Å². The first-order valence-corrected chi connectivity index (χ1v) is 5.79. The zero-order valence-corrected chi connectivity index (χ0v) is 11.7. The molecule has 0 aliphatic rings. The topological polar surface area (TPSA) is 91.0 Å². The Kier molecular flexibility index (Phi) is 5.26. The molecule has 0 radical (unpaired) electrons. The summed E-state index contributed by atoms with van der Waals surface area (Å²) in [6.07, 6.45) is -0.282. The predicted molar refractivity (Wildman–Crippen MR) is 70.3 cm³/mol. The maximum atomic E-state index is 10.8. The van der Waals surface area contributed by atoms with Crippen LogP contribution in [0.15, 0.2) is 6.07 Å². The van der Waals surface area contributed by atoms with Gasteiger partial charge in [-0.1, -0.05) is 11.6 Å². The minimum Gasteiger partial charge on any atom is -0.495 e. The van der Waals surface area contributed by atoms with Crippen LogP contribution in [-0.2, 0) is 4.79 Å². The normalized spacial score (nSPS) is 11.8. The number of rotatable bonds is 6. The van der Waals surface area contributed by atoms with Crippen LogP contribution in [0.4, 0.5) is 0 Å². The average Bonchev–Trinajstić information content (AvgIpc) is 2.36. The number of nitrogens with two attached hydrogens (primary N) is 1. The van der Waals surface area contributed by atoms with Gasteiger partial charge in [-0.3, -0.25) is 4.79 Å². The maximum absolute atomic E-state index is 10.8. The number of hydrogen-bond acceptors (Lipinski definition) is 5. The first-order valence-electron chi connectivity index (χ1n) is 5.41. The molecular weight excluding hydrogens is 274 g/mol. The molecule has 0 spiro atoms. The standard InChI is InChI=1S/C12H16ClNO5/c1-17-8-4-6(13)11(18-2)10(12(8)19-3)7(14)5-9(15)16/h4,7H,5,14H2,1-3H3,(H,15,16). The van der Waals surface area contributed by atoms with Gasteiger partial charge in [0.25, 0.3) is 0 Å². The number of hydrogen-bond donors (Lipinski definition) is 2. The summed E-state index contributed by atoms with van der Waals surface area (Å²) in [7, 11) is 4.31. The van der Waals surface area contributed by atoms with E-state index in [2.05, 4.69) is 0 Å². The van der Waals surface area contributed by atoms with Crippen LogP contribution in [0.2, 0.25) is 5.02 Å². The van der Waals surface area contributed by atoms with Crippen molar-refractivity contribution in [3.05, 3.63) is 16.7 Å². The number of ether oxygens (including phenoxy) is 3. The van der Waals surface area contributed by atoms with Gasteiger partial charge in [0.2, 0.25) is 0 Å². The van der Waals surface area contributed by atoms with E-state index in [4.69, 9.17) is 36.7 Å². The molecule has 1 rings (SSSR count). The van der Waals surface area contributed by atoms with Gasteiger partial charge in [-0.25, -0.2) is 0 Å². The molecule has 19 heavy (non-hydrogen) atoms. The number of carbonyl (C=O) groups is 1. The van der Waals surface area contributed by atoms with Gasteiger partial charge in [0, 0.05) is 12.1 Å². The number of methoxy groups -OCH3 is 3. The largest absolute Gasteiger partial charge is 0.495 e. The van der Waals surface area contributed by atoms with Gasteiger partial charge in [0.1, 0.15) is 5.75 Å². The fourth-order valence-electron chi connectivity index (χ4n) is 1.81. The lowest BCUT2D eigenvalue weighted by molar-refractivity contribution is -0.137. The molecule has 7 heteroatoms. The van der Waals surface area contributed by atoms with E-state index in [1.165, 1.54) is 27.4 Å². The number of aliphatic carboxylic acids is 1. The highest BCUT2D eigenvalue weighted by Crippen LogP contribution is 2.45. The Morgan fingerprint density at radius 2 is 1.89 bits per heavy atom. The Balaban J connectivity index is 3.46. The Bertz CT molecular complexity index is 478. The lowest BCUT2D eigenvalue weighted by Gasteiger charge is -2.20. The Morgan fingerprint density at radius 3 is 2.32 bits per heavy atom. The summed E-state index contributed by atoms with van der Waals surface area (Å²) >= 11 is 6.06. The van der Waals surface area contributed by atoms with Gasteiger partial charge in [-0.05, 0) is 0 Å². The van der Waals surface area contributed by atoms with E-state index >= 15 is 0 Å². The van der Waals surface area contributed by atoms with E-state index < -0.39 is 12.0 Å². The van der Waals surface area contributed by atoms with Crippen molar-refractivity contribution < 1.29 is 24.1 Å². The summed E-state index contributed by atoms with van der Waals surface area (Å²) in [6, 6.07) is 0.700. The fourth-order valence-corrected chi connectivity index (χ4v) is 2.09. The first kappa shape index (κ1) is 15.4. The van der Waals surface area contributed by atoms with Crippen LogP contribution in [0.3, 0.4) is 0 Å². The number of carboxylic acid groups (broad SMARTS) is 1. The lowest BCUT2D eigenvalue weighted by Crippen LogP contribution is -2.17. The lowest BCUT2D eigenvalue weighted by atomic mass is 10.0. The van der Waals surface area contributed by atoms with Crippen molar-refractivity contribution in [2.24, 2.45) is 5.73 Å². The average molecular weight is 290 g/mol. The van der Waals surface area contributed by atoms with Crippen molar-refractivity contribution in [1.82, 2.24) is 0 Å². The van der Waals surface area contributed by atoms with Gasteiger partial charge in [-0.15, -0.1) is 0 Å². The highest BCUT2D eigenvalue weighted by molar-refractivity contribution is 6.32. The van der Waals surface area contributed by atoms with Crippen molar-refractivity contribution in [1.29, 1.82) is 0 Å². The van der Waals surface area contributed by atoms with E-state index in [1.54, 1.807) is 0 Å². The summed E-state index contributed by atoms with van der Waals surface area (Å²) in [5, 5.41) is 9.12. The SMILES string of the molecule is COc1cc(Cl)c(OC)c(C(N)CC(=O)O)c1OC. The molecule has 0 saturated carbocycles. The van der Waals surface area contributed by atoms with Crippen molar-refractivity contribution in [3.63, 3.8) is 0 Å². The molecule has 0 aliphatic carbocycles. The molecule has 0 aromatic heterocycles. The molecule has 0 fully saturated rings. The minimum absolute atomic E-state index is 0.274. The van der Waals surface area contributed by atoms with Crippen molar-refractivity contribution in [2.45, 2.75) is 12.5 Å². The van der Waals surface area contributed by atoms with Crippen LogP contribution in [0.1, 0.15) is 18.0 Å². The summed E-state index contributed by atoms with van der Waals surface area (Å²) in [5.41, 5.74) is 6.26. The molecule has 1 aromatic carbocycles. The van der Waals surface area contributed by atoms with Gasteiger partial charge < -0.3 is 25.1 Å².